The molecule has 1 heterocycles. The summed E-state index contributed by atoms with van der Waals surface area (Å²) in [6.07, 6.45) is 1.90. The SMILES string of the molecule is CCNC(=NCC(C)Oc1cccc(OC)c1)NC1CCN(CC(=O)NC)CC1.I. The number of methoxy groups -OCH3 is 1. The van der Waals surface area contributed by atoms with E-state index in [0.29, 0.717) is 19.1 Å². The number of rotatable bonds is 9. The highest BCUT2D eigenvalue weighted by molar-refractivity contribution is 14.0. The summed E-state index contributed by atoms with van der Waals surface area (Å²) in [7, 11) is 3.32. The second kappa shape index (κ2) is 14.3. The van der Waals surface area contributed by atoms with Gasteiger partial charge in [-0.1, -0.05) is 6.07 Å². The summed E-state index contributed by atoms with van der Waals surface area (Å²) in [4.78, 5) is 18.4. The number of likely N-dealkylation sites (tertiary alicyclic amines) is 1. The maximum Gasteiger partial charge on any atom is 0.233 e. The molecule has 1 aliphatic rings. The molecule has 0 radical (unpaired) electrons. The zero-order valence-electron chi connectivity index (χ0n) is 18.4. The fourth-order valence-corrected chi connectivity index (χ4v) is 3.19. The van der Waals surface area contributed by atoms with Crippen molar-refractivity contribution in [1.82, 2.24) is 20.9 Å². The lowest BCUT2D eigenvalue weighted by molar-refractivity contribution is -0.122. The minimum Gasteiger partial charge on any atom is -0.497 e. The van der Waals surface area contributed by atoms with Crippen molar-refractivity contribution in [2.45, 2.75) is 38.8 Å². The number of piperidine rings is 1. The highest BCUT2D eigenvalue weighted by atomic mass is 127. The van der Waals surface area contributed by atoms with Crippen molar-refractivity contribution in [3.05, 3.63) is 24.3 Å². The Morgan fingerprint density at radius 2 is 2.00 bits per heavy atom. The number of likely N-dealkylation sites (N-methyl/N-ethyl adjacent to an activating group) is 1. The van der Waals surface area contributed by atoms with E-state index in [2.05, 4.69) is 32.8 Å². The summed E-state index contributed by atoms with van der Waals surface area (Å²) in [6.45, 7) is 7.67. The van der Waals surface area contributed by atoms with Gasteiger partial charge < -0.3 is 25.4 Å². The predicted molar refractivity (Wildman–Crippen MR) is 131 cm³/mol. The number of benzene rings is 1. The molecule has 0 spiro atoms. The summed E-state index contributed by atoms with van der Waals surface area (Å²) in [6, 6.07) is 7.94. The van der Waals surface area contributed by atoms with Gasteiger partial charge in [0, 0.05) is 38.8 Å². The molecule has 30 heavy (non-hydrogen) atoms. The smallest absolute Gasteiger partial charge is 0.233 e. The van der Waals surface area contributed by atoms with Crippen LogP contribution in [0, 0.1) is 0 Å². The Morgan fingerprint density at radius 1 is 1.30 bits per heavy atom. The van der Waals surface area contributed by atoms with E-state index in [1.807, 2.05) is 31.2 Å². The second-order valence-corrected chi connectivity index (χ2v) is 7.20. The predicted octanol–water partition coefficient (Wildman–Crippen LogP) is 1.85. The molecule has 1 atom stereocenters. The molecule has 1 aromatic rings. The Balaban J connectivity index is 0.00000450. The minimum atomic E-state index is -0.0630. The molecule has 2 rings (SSSR count). The molecule has 1 saturated heterocycles. The largest absolute Gasteiger partial charge is 0.497 e. The molecule has 0 aromatic heterocycles. The zero-order valence-corrected chi connectivity index (χ0v) is 20.8. The number of halogens is 1. The summed E-state index contributed by atoms with van der Waals surface area (Å²) < 4.78 is 11.2. The first-order chi connectivity index (χ1) is 14.0. The van der Waals surface area contributed by atoms with Gasteiger partial charge in [-0.2, -0.15) is 0 Å². The van der Waals surface area contributed by atoms with E-state index >= 15 is 0 Å². The van der Waals surface area contributed by atoms with Crippen LogP contribution < -0.4 is 25.4 Å². The molecule has 1 fully saturated rings. The molecule has 0 bridgehead atoms. The van der Waals surface area contributed by atoms with Gasteiger partial charge in [0.25, 0.3) is 0 Å². The molecule has 1 amide bonds. The summed E-state index contributed by atoms with van der Waals surface area (Å²) in [5.41, 5.74) is 0. The Morgan fingerprint density at radius 3 is 2.63 bits per heavy atom. The third-order valence-corrected chi connectivity index (χ3v) is 4.80. The van der Waals surface area contributed by atoms with E-state index in [1.165, 1.54) is 0 Å². The first-order valence-corrected chi connectivity index (χ1v) is 10.3. The lowest BCUT2D eigenvalue weighted by Crippen LogP contribution is -2.50. The van der Waals surface area contributed by atoms with Gasteiger partial charge in [-0.25, -0.2) is 4.99 Å². The molecule has 0 saturated carbocycles. The van der Waals surface area contributed by atoms with Crippen LogP contribution in [0.1, 0.15) is 26.7 Å². The normalized spacial score (nSPS) is 16.2. The molecule has 9 heteroatoms. The van der Waals surface area contributed by atoms with E-state index in [9.17, 15) is 4.79 Å². The Labute approximate surface area is 197 Å². The maximum absolute atomic E-state index is 11.5. The van der Waals surface area contributed by atoms with Gasteiger partial charge in [-0.3, -0.25) is 9.69 Å². The third kappa shape index (κ3) is 9.38. The number of carbonyl (C=O) groups is 1. The molecule has 1 unspecified atom stereocenters. The van der Waals surface area contributed by atoms with Crippen LogP contribution in [0.3, 0.4) is 0 Å². The van der Waals surface area contributed by atoms with Crippen LogP contribution in [0.2, 0.25) is 0 Å². The van der Waals surface area contributed by atoms with E-state index in [4.69, 9.17) is 9.47 Å². The van der Waals surface area contributed by atoms with Crippen molar-refractivity contribution < 1.29 is 14.3 Å². The number of ether oxygens (including phenoxy) is 2. The molecule has 3 N–H and O–H groups in total. The molecule has 170 valence electrons. The van der Waals surface area contributed by atoms with Crippen LogP contribution in [0.15, 0.2) is 29.3 Å². The van der Waals surface area contributed by atoms with Gasteiger partial charge in [0.1, 0.15) is 17.6 Å². The molecule has 8 nitrogen and oxygen atoms in total. The van der Waals surface area contributed by atoms with Gasteiger partial charge in [0.2, 0.25) is 5.91 Å². The van der Waals surface area contributed by atoms with Gasteiger partial charge in [0.05, 0.1) is 20.2 Å². The summed E-state index contributed by atoms with van der Waals surface area (Å²) in [5, 5.41) is 9.50. The Bertz CT molecular complexity index is 666. The monoisotopic (exact) mass is 533 g/mol. The number of guanidine groups is 1. The Hall–Kier alpha value is -1.75. The van der Waals surface area contributed by atoms with Crippen LogP contribution >= 0.6 is 24.0 Å². The number of hydrogen-bond donors (Lipinski definition) is 3. The van der Waals surface area contributed by atoms with E-state index in [-0.39, 0.29) is 36.0 Å². The molecular weight excluding hydrogens is 497 g/mol. The molecular formula is C21H36IN5O3. The molecule has 1 aliphatic heterocycles. The number of nitrogens with zero attached hydrogens (tertiary/aromatic N) is 2. The quantitative estimate of drug-likeness (QED) is 0.255. The van der Waals surface area contributed by atoms with Crippen molar-refractivity contribution in [2.75, 3.05) is 46.9 Å². The van der Waals surface area contributed by atoms with Crippen LogP contribution in [0.4, 0.5) is 0 Å². The summed E-state index contributed by atoms with van der Waals surface area (Å²) >= 11 is 0. The van der Waals surface area contributed by atoms with Gasteiger partial charge >= 0.3 is 0 Å². The molecule has 1 aromatic carbocycles. The van der Waals surface area contributed by atoms with Gasteiger partial charge in [0.15, 0.2) is 5.96 Å². The van der Waals surface area contributed by atoms with Gasteiger partial charge in [-0.15, -0.1) is 24.0 Å². The molecule has 0 aliphatic carbocycles. The van der Waals surface area contributed by atoms with Crippen LogP contribution in [0.5, 0.6) is 11.5 Å². The van der Waals surface area contributed by atoms with Crippen molar-refractivity contribution in [3.63, 3.8) is 0 Å². The highest BCUT2D eigenvalue weighted by Crippen LogP contribution is 2.20. The number of carbonyl (C=O) groups excluding carboxylic acids is 1. The average Bonchev–Trinajstić information content (AvgIpc) is 2.73. The van der Waals surface area contributed by atoms with Crippen molar-refractivity contribution in [2.24, 2.45) is 4.99 Å². The second-order valence-electron chi connectivity index (χ2n) is 7.20. The number of aliphatic imine (C=N–C) groups is 1. The van der Waals surface area contributed by atoms with E-state index in [1.54, 1.807) is 14.2 Å². The van der Waals surface area contributed by atoms with Crippen molar-refractivity contribution in [3.8, 4) is 11.5 Å². The zero-order chi connectivity index (χ0) is 21.1. The summed E-state index contributed by atoms with van der Waals surface area (Å²) in [5.74, 6) is 2.42. The first-order valence-electron chi connectivity index (χ1n) is 10.3. The minimum absolute atomic E-state index is 0. The number of nitrogens with one attached hydrogen (secondary N) is 3. The third-order valence-electron chi connectivity index (χ3n) is 4.80. The van der Waals surface area contributed by atoms with Crippen LogP contribution in [-0.4, -0.2) is 75.8 Å². The lowest BCUT2D eigenvalue weighted by atomic mass is 10.1. The number of hydrogen-bond acceptors (Lipinski definition) is 5. The first kappa shape index (κ1) is 26.3. The lowest BCUT2D eigenvalue weighted by Gasteiger charge is -2.32. The van der Waals surface area contributed by atoms with E-state index in [0.717, 1.165) is 49.9 Å². The fourth-order valence-electron chi connectivity index (χ4n) is 3.19. The van der Waals surface area contributed by atoms with Crippen LogP contribution in [-0.2, 0) is 4.79 Å². The Kier molecular flexibility index (Phi) is 12.5. The van der Waals surface area contributed by atoms with Crippen molar-refractivity contribution >= 4 is 35.8 Å². The van der Waals surface area contributed by atoms with Crippen molar-refractivity contribution in [1.29, 1.82) is 0 Å². The highest BCUT2D eigenvalue weighted by Gasteiger charge is 2.21. The topological polar surface area (TPSA) is 87.2 Å². The fraction of sp³-hybridized carbons (Fsp3) is 0.619. The standard InChI is InChI=1S/C21H35N5O3.HI/c1-5-23-21(25-17-9-11-26(12-10-17)15-20(27)22-3)24-14-16(2)29-19-8-6-7-18(13-19)28-4;/h6-8,13,16-17H,5,9-12,14-15H2,1-4H3,(H,22,27)(H2,23,24,25);1H. The number of amides is 1. The average molecular weight is 533 g/mol. The maximum atomic E-state index is 11.5. The van der Waals surface area contributed by atoms with Gasteiger partial charge in [-0.05, 0) is 38.8 Å². The van der Waals surface area contributed by atoms with Crippen LogP contribution in [0.25, 0.3) is 0 Å². The van der Waals surface area contributed by atoms with E-state index < -0.39 is 0 Å².